The highest BCUT2D eigenvalue weighted by atomic mass is 19.4. The lowest BCUT2D eigenvalue weighted by atomic mass is 10.2. The minimum absolute atomic E-state index is 0.0115. The Morgan fingerprint density at radius 2 is 2.00 bits per heavy atom. The molecule has 0 aliphatic heterocycles. The Morgan fingerprint density at radius 3 is 2.59 bits per heavy atom. The highest BCUT2D eigenvalue weighted by Crippen LogP contribution is 2.29. The van der Waals surface area contributed by atoms with Gasteiger partial charge in [0.25, 0.3) is 0 Å². The minimum atomic E-state index is -4.55. The summed E-state index contributed by atoms with van der Waals surface area (Å²) in [5, 5.41) is 0. The molecule has 90 valence electrons. The van der Waals surface area contributed by atoms with Crippen LogP contribution in [0.2, 0.25) is 0 Å². The van der Waals surface area contributed by atoms with Crippen LogP contribution in [0.25, 0.3) is 11.2 Å². The lowest BCUT2D eigenvalue weighted by molar-refractivity contribution is -0.137. The molecule has 0 unspecified atom stereocenters. The second kappa shape index (κ2) is 3.44. The number of halogens is 3. The van der Waals surface area contributed by atoms with Gasteiger partial charge >= 0.3 is 17.3 Å². The van der Waals surface area contributed by atoms with E-state index in [4.69, 9.17) is 0 Å². The molecule has 2 aromatic heterocycles. The number of hydrogen-bond donors (Lipinski definition) is 1. The zero-order valence-electron chi connectivity index (χ0n) is 8.50. The molecule has 0 fully saturated rings. The van der Waals surface area contributed by atoms with Gasteiger partial charge in [-0.25, -0.2) is 4.98 Å². The van der Waals surface area contributed by atoms with Crippen molar-refractivity contribution >= 4 is 11.2 Å². The standard InChI is InChI=1S/C9H6F3N3O2/c1-15-6-5(14-7(16)8(15)17)2-4(3-13-6)9(10,11)12/h2-3H,1H3,(H,14,16). The fraction of sp³-hybridized carbons (Fsp3) is 0.222. The van der Waals surface area contributed by atoms with Gasteiger partial charge in [0.05, 0.1) is 11.1 Å². The van der Waals surface area contributed by atoms with Crippen molar-refractivity contribution in [3.63, 3.8) is 0 Å². The van der Waals surface area contributed by atoms with Crippen LogP contribution in [-0.2, 0) is 13.2 Å². The molecule has 0 saturated heterocycles. The highest BCUT2D eigenvalue weighted by Gasteiger charge is 2.31. The van der Waals surface area contributed by atoms with Gasteiger partial charge in [0.15, 0.2) is 5.65 Å². The van der Waals surface area contributed by atoms with Gasteiger partial charge in [-0.2, -0.15) is 13.2 Å². The molecule has 0 radical (unpaired) electrons. The van der Waals surface area contributed by atoms with Crippen molar-refractivity contribution in [2.45, 2.75) is 6.18 Å². The summed E-state index contributed by atoms with van der Waals surface area (Å²) >= 11 is 0. The average molecular weight is 245 g/mol. The Kier molecular flexibility index (Phi) is 2.30. The number of pyridine rings is 1. The number of nitrogens with one attached hydrogen (secondary N) is 1. The van der Waals surface area contributed by atoms with Gasteiger partial charge in [-0.15, -0.1) is 0 Å². The zero-order valence-corrected chi connectivity index (χ0v) is 8.50. The number of alkyl halides is 3. The summed E-state index contributed by atoms with van der Waals surface area (Å²) in [6, 6.07) is 0.739. The summed E-state index contributed by atoms with van der Waals surface area (Å²) in [6.07, 6.45) is -3.94. The third-order valence-electron chi connectivity index (χ3n) is 2.26. The highest BCUT2D eigenvalue weighted by molar-refractivity contribution is 5.70. The maximum atomic E-state index is 12.4. The van der Waals surface area contributed by atoms with Crippen LogP contribution in [0.3, 0.4) is 0 Å². The van der Waals surface area contributed by atoms with Crippen molar-refractivity contribution in [1.82, 2.24) is 14.5 Å². The van der Waals surface area contributed by atoms with Gasteiger partial charge in [0.2, 0.25) is 0 Å². The minimum Gasteiger partial charge on any atom is -0.315 e. The van der Waals surface area contributed by atoms with Crippen LogP contribution in [0.5, 0.6) is 0 Å². The van der Waals surface area contributed by atoms with Crippen molar-refractivity contribution in [3.05, 3.63) is 38.5 Å². The van der Waals surface area contributed by atoms with Crippen molar-refractivity contribution in [2.75, 3.05) is 0 Å². The van der Waals surface area contributed by atoms with Crippen LogP contribution < -0.4 is 11.1 Å². The molecule has 0 aliphatic rings. The Bertz CT molecular complexity index is 699. The van der Waals surface area contributed by atoms with Gasteiger partial charge in [-0.05, 0) is 6.07 Å². The fourth-order valence-corrected chi connectivity index (χ4v) is 1.40. The lowest BCUT2D eigenvalue weighted by Gasteiger charge is -2.08. The molecule has 0 spiro atoms. The number of nitrogens with zero attached hydrogens (tertiary/aromatic N) is 2. The Morgan fingerprint density at radius 1 is 1.35 bits per heavy atom. The van der Waals surface area contributed by atoms with Gasteiger partial charge in [-0.1, -0.05) is 0 Å². The Labute approximate surface area is 91.5 Å². The summed E-state index contributed by atoms with van der Waals surface area (Å²) in [7, 11) is 1.26. The largest absolute Gasteiger partial charge is 0.417 e. The number of H-pyrrole nitrogens is 1. The molecule has 0 aromatic carbocycles. The van der Waals surface area contributed by atoms with Gasteiger partial charge < -0.3 is 4.98 Å². The summed E-state index contributed by atoms with van der Waals surface area (Å²) in [6.45, 7) is 0. The monoisotopic (exact) mass is 245 g/mol. The molecule has 0 bridgehead atoms. The summed E-state index contributed by atoms with van der Waals surface area (Å²) < 4.78 is 38.1. The Hall–Kier alpha value is -2.12. The molecule has 2 aromatic rings. The topological polar surface area (TPSA) is 67.8 Å². The lowest BCUT2D eigenvalue weighted by Crippen LogP contribution is -2.35. The predicted molar refractivity (Wildman–Crippen MR) is 52.6 cm³/mol. The van der Waals surface area contributed by atoms with E-state index < -0.39 is 22.9 Å². The molecule has 2 rings (SSSR count). The van der Waals surface area contributed by atoms with Crippen LogP contribution in [-0.4, -0.2) is 14.5 Å². The van der Waals surface area contributed by atoms with Crippen molar-refractivity contribution in [2.24, 2.45) is 7.05 Å². The predicted octanol–water partition coefficient (Wildman–Crippen LogP) is 0.641. The van der Waals surface area contributed by atoms with Crippen molar-refractivity contribution in [1.29, 1.82) is 0 Å². The van der Waals surface area contributed by atoms with E-state index in [0.717, 1.165) is 10.6 Å². The SMILES string of the molecule is Cn1c(=O)c(=O)[nH]c2cc(C(F)(F)F)cnc21. The van der Waals surface area contributed by atoms with Crippen molar-refractivity contribution in [3.8, 4) is 0 Å². The number of hydrogen-bond acceptors (Lipinski definition) is 3. The van der Waals surface area contributed by atoms with E-state index in [1.807, 2.05) is 0 Å². The maximum absolute atomic E-state index is 12.4. The molecule has 17 heavy (non-hydrogen) atoms. The number of fused-ring (bicyclic) bond motifs is 1. The van der Waals surface area contributed by atoms with Gasteiger partial charge in [0, 0.05) is 13.2 Å². The molecule has 0 saturated carbocycles. The van der Waals surface area contributed by atoms with E-state index in [9.17, 15) is 22.8 Å². The molecule has 1 N–H and O–H groups in total. The summed E-state index contributed by atoms with van der Waals surface area (Å²) in [5.41, 5.74) is -2.99. The number of aromatic nitrogens is 3. The van der Waals surface area contributed by atoms with Crippen LogP contribution in [0, 0.1) is 0 Å². The number of aromatic amines is 1. The summed E-state index contributed by atoms with van der Waals surface area (Å²) in [4.78, 5) is 27.9. The van der Waals surface area contributed by atoms with E-state index in [1.54, 1.807) is 0 Å². The first-order valence-electron chi connectivity index (χ1n) is 4.47. The Balaban J connectivity index is 2.85. The van der Waals surface area contributed by atoms with E-state index in [1.165, 1.54) is 7.05 Å². The normalized spacial score (nSPS) is 12.0. The molecule has 8 heteroatoms. The van der Waals surface area contributed by atoms with Crippen LogP contribution in [0.1, 0.15) is 5.56 Å². The quantitative estimate of drug-likeness (QED) is 0.692. The van der Waals surface area contributed by atoms with E-state index >= 15 is 0 Å². The molecular formula is C9H6F3N3O2. The third kappa shape index (κ3) is 1.81. The smallest absolute Gasteiger partial charge is 0.315 e. The molecule has 5 nitrogen and oxygen atoms in total. The maximum Gasteiger partial charge on any atom is 0.417 e. The molecular weight excluding hydrogens is 239 g/mol. The van der Waals surface area contributed by atoms with Gasteiger partial charge in [-0.3, -0.25) is 14.2 Å². The third-order valence-corrected chi connectivity index (χ3v) is 2.26. The fourth-order valence-electron chi connectivity index (χ4n) is 1.40. The number of aryl methyl sites for hydroxylation is 1. The second-order valence-electron chi connectivity index (χ2n) is 3.41. The average Bonchev–Trinajstić information content (AvgIpc) is 2.24. The summed E-state index contributed by atoms with van der Waals surface area (Å²) in [5.74, 6) is 0. The van der Waals surface area contributed by atoms with Gasteiger partial charge in [0.1, 0.15) is 0 Å². The second-order valence-corrected chi connectivity index (χ2v) is 3.41. The van der Waals surface area contributed by atoms with Crippen LogP contribution in [0.15, 0.2) is 21.9 Å². The zero-order chi connectivity index (χ0) is 12.8. The van der Waals surface area contributed by atoms with E-state index in [2.05, 4.69) is 9.97 Å². The van der Waals surface area contributed by atoms with Crippen LogP contribution >= 0.6 is 0 Å². The molecule has 0 atom stereocenters. The molecule has 0 aliphatic carbocycles. The van der Waals surface area contributed by atoms with E-state index in [-0.39, 0.29) is 11.2 Å². The van der Waals surface area contributed by atoms with Crippen molar-refractivity contribution < 1.29 is 13.2 Å². The first kappa shape index (κ1) is 11.4. The van der Waals surface area contributed by atoms with E-state index in [0.29, 0.717) is 6.20 Å². The first-order chi connectivity index (χ1) is 7.80. The van der Waals surface area contributed by atoms with Crippen LogP contribution in [0.4, 0.5) is 13.2 Å². The molecule has 0 amide bonds. The number of rotatable bonds is 0. The first-order valence-corrected chi connectivity index (χ1v) is 4.47. The molecule has 2 heterocycles.